The van der Waals surface area contributed by atoms with Gasteiger partial charge in [0, 0.05) is 0 Å². The average Bonchev–Trinajstić information content (AvgIpc) is 2.26. The first-order valence-electron chi connectivity index (χ1n) is 7.06. The molecule has 0 heteroatoms. The van der Waals surface area contributed by atoms with Gasteiger partial charge in [-0.1, -0.05) is 84.0 Å². The molecule has 0 nitrogen and oxygen atoms in total. The fourth-order valence-corrected chi connectivity index (χ4v) is 1.97. The molecule has 0 bridgehead atoms. The van der Waals surface area contributed by atoms with Crippen molar-refractivity contribution in [2.24, 2.45) is 0 Å². The lowest BCUT2D eigenvalue weighted by Gasteiger charge is -2.01. The Morgan fingerprint density at radius 1 is 0.533 bits per heavy atom. The second-order valence-corrected chi connectivity index (χ2v) is 4.64. The second-order valence-electron chi connectivity index (χ2n) is 4.64. The van der Waals surface area contributed by atoms with Crippen LogP contribution in [0.15, 0.2) is 0 Å². The third kappa shape index (κ3) is 14.0. The van der Waals surface area contributed by atoms with Crippen molar-refractivity contribution in [3.8, 4) is 0 Å². The lowest BCUT2D eigenvalue weighted by atomic mass is 10.1. The normalized spacial score (nSPS) is 10.8. The molecule has 0 aromatic carbocycles. The topological polar surface area (TPSA) is 0 Å². The molecular weight excluding hydrogens is 180 g/mol. The van der Waals surface area contributed by atoms with E-state index in [0.717, 1.165) is 6.42 Å². The van der Waals surface area contributed by atoms with Gasteiger partial charge >= 0.3 is 0 Å². The van der Waals surface area contributed by atoms with Gasteiger partial charge in [0.2, 0.25) is 0 Å². The Morgan fingerprint density at radius 3 is 1.20 bits per heavy atom. The average molecular weight is 209 g/mol. The number of hydrogen-bond donors (Lipinski definition) is 0. The highest BCUT2D eigenvalue weighted by molar-refractivity contribution is 4.48. The second kappa shape index (κ2) is 14.0. The van der Waals surface area contributed by atoms with Gasteiger partial charge in [-0.05, 0) is 13.3 Å². The molecule has 3 radical (unpaired) electrons. The molecule has 0 unspecified atom stereocenters. The van der Waals surface area contributed by atoms with Crippen molar-refractivity contribution in [3.63, 3.8) is 0 Å². The minimum Gasteiger partial charge on any atom is -0.0654 e. The zero-order chi connectivity index (χ0) is 11.2. The van der Waals surface area contributed by atoms with E-state index in [4.69, 9.17) is 6.92 Å². The molecule has 89 valence electrons. The molecule has 0 amide bonds. The summed E-state index contributed by atoms with van der Waals surface area (Å²) in [5.74, 6) is 0. The molecule has 0 aliphatic heterocycles. The maximum Gasteiger partial charge on any atom is -0.00936 e. The van der Waals surface area contributed by atoms with E-state index in [1.807, 2.05) is 0 Å². The van der Waals surface area contributed by atoms with Crippen molar-refractivity contribution in [1.82, 2.24) is 0 Å². The molecule has 0 aromatic rings. The third-order valence-corrected chi connectivity index (χ3v) is 3.03. The molecule has 0 heterocycles. The molecule has 0 saturated heterocycles. The van der Waals surface area contributed by atoms with Crippen molar-refractivity contribution in [2.45, 2.75) is 90.4 Å². The van der Waals surface area contributed by atoms with Crippen LogP contribution in [0.2, 0.25) is 0 Å². The van der Waals surface area contributed by atoms with Crippen LogP contribution in [0.25, 0.3) is 0 Å². The number of rotatable bonds is 12. The van der Waals surface area contributed by atoms with Gasteiger partial charge in [-0.25, -0.2) is 0 Å². The van der Waals surface area contributed by atoms with Crippen molar-refractivity contribution in [2.75, 3.05) is 0 Å². The monoisotopic (exact) mass is 209 g/mol. The molecule has 0 spiro atoms. The standard InChI is InChI=1S/C15H29/c1-3-5-7-9-11-13-15-14-12-10-8-6-4-2/h3-15H2,1H3. The summed E-state index contributed by atoms with van der Waals surface area (Å²) in [6.45, 7) is 9.30. The first kappa shape index (κ1) is 15.0. The maximum absolute atomic E-state index is 7.03. The smallest absolute Gasteiger partial charge is 0.00936 e. The predicted octanol–water partition coefficient (Wildman–Crippen LogP) is 5.67. The summed E-state index contributed by atoms with van der Waals surface area (Å²) in [6.07, 6.45) is 17.2. The molecular formula is C15H29. The highest BCUT2D eigenvalue weighted by Gasteiger charge is 1.92. The van der Waals surface area contributed by atoms with Crippen LogP contribution in [0.3, 0.4) is 0 Å². The van der Waals surface area contributed by atoms with Crippen LogP contribution in [0.1, 0.15) is 90.4 Å². The molecule has 0 atom stereocenters. The molecule has 0 aliphatic carbocycles. The molecule has 0 aromatic heterocycles. The third-order valence-electron chi connectivity index (χ3n) is 3.03. The van der Waals surface area contributed by atoms with E-state index in [9.17, 15) is 0 Å². The summed E-state index contributed by atoms with van der Waals surface area (Å²) >= 11 is 0. The molecule has 0 N–H and O–H groups in total. The summed E-state index contributed by atoms with van der Waals surface area (Å²) in [5, 5.41) is 0. The van der Waals surface area contributed by atoms with Crippen LogP contribution in [0, 0.1) is 6.92 Å². The Morgan fingerprint density at radius 2 is 0.867 bits per heavy atom. The Kier molecular flexibility index (Phi) is 14.0. The molecule has 0 fully saturated rings. The van der Waals surface area contributed by atoms with Crippen LogP contribution in [0.5, 0.6) is 0 Å². The zero-order valence-electron chi connectivity index (χ0n) is 10.7. The summed E-state index contributed by atoms with van der Waals surface area (Å²) < 4.78 is 0. The number of unbranched alkanes of at least 4 members (excludes halogenated alkanes) is 12. The van der Waals surface area contributed by atoms with Crippen LogP contribution < -0.4 is 0 Å². The fourth-order valence-electron chi connectivity index (χ4n) is 1.97. The van der Waals surface area contributed by atoms with E-state index >= 15 is 0 Å². The Balaban J connectivity index is 2.81. The van der Waals surface area contributed by atoms with Gasteiger partial charge in [0.25, 0.3) is 0 Å². The van der Waals surface area contributed by atoms with Crippen molar-refractivity contribution < 1.29 is 0 Å². The lowest BCUT2D eigenvalue weighted by molar-refractivity contribution is 0.545. The highest BCUT2D eigenvalue weighted by Crippen LogP contribution is 2.12. The Labute approximate surface area is 97.8 Å². The van der Waals surface area contributed by atoms with Crippen molar-refractivity contribution in [3.05, 3.63) is 6.92 Å². The molecule has 0 saturated carbocycles. The van der Waals surface area contributed by atoms with Crippen LogP contribution in [0.4, 0.5) is 0 Å². The van der Waals surface area contributed by atoms with Crippen LogP contribution >= 0.6 is 0 Å². The van der Waals surface area contributed by atoms with E-state index in [1.165, 1.54) is 70.6 Å². The first-order valence-corrected chi connectivity index (χ1v) is 7.06. The summed E-state index contributed by atoms with van der Waals surface area (Å²) in [5.41, 5.74) is 0. The zero-order valence-corrected chi connectivity index (χ0v) is 10.7. The summed E-state index contributed by atoms with van der Waals surface area (Å²) in [6, 6.07) is 0. The lowest BCUT2D eigenvalue weighted by Crippen LogP contribution is -1.82. The van der Waals surface area contributed by atoms with Crippen LogP contribution in [-0.4, -0.2) is 0 Å². The van der Waals surface area contributed by atoms with E-state index in [0.29, 0.717) is 6.42 Å². The van der Waals surface area contributed by atoms with Gasteiger partial charge in [-0.2, -0.15) is 0 Å². The predicted molar refractivity (Wildman–Crippen MR) is 68.9 cm³/mol. The largest absolute Gasteiger partial charge is 0.0654 e. The van der Waals surface area contributed by atoms with Gasteiger partial charge in [-0.3, -0.25) is 0 Å². The van der Waals surface area contributed by atoms with Crippen molar-refractivity contribution in [1.29, 1.82) is 0 Å². The Bertz CT molecular complexity index is 84.2. The molecule has 0 aliphatic rings. The van der Waals surface area contributed by atoms with E-state index in [2.05, 4.69) is 6.92 Å². The van der Waals surface area contributed by atoms with Gasteiger partial charge in [-0.15, -0.1) is 0 Å². The van der Waals surface area contributed by atoms with E-state index in [-0.39, 0.29) is 0 Å². The number of hydrogen-bond acceptors (Lipinski definition) is 0. The van der Waals surface area contributed by atoms with E-state index in [1.54, 1.807) is 0 Å². The minimum atomic E-state index is 0.622. The Hall–Kier alpha value is 0. The minimum absolute atomic E-state index is 0.622. The van der Waals surface area contributed by atoms with Gasteiger partial charge in [0.15, 0.2) is 0 Å². The summed E-state index contributed by atoms with van der Waals surface area (Å²) in [7, 11) is 0. The fraction of sp³-hybridized carbons (Fsp3) is 0.933. The summed E-state index contributed by atoms with van der Waals surface area (Å²) in [4.78, 5) is 0. The van der Waals surface area contributed by atoms with Crippen molar-refractivity contribution >= 4 is 0 Å². The van der Waals surface area contributed by atoms with Crippen LogP contribution in [-0.2, 0) is 0 Å². The quantitative estimate of drug-likeness (QED) is 0.363. The SMILES string of the molecule is [C]CCCCCCCCCCCCCC. The highest BCUT2D eigenvalue weighted by atomic mass is 14.0. The van der Waals surface area contributed by atoms with Gasteiger partial charge in [0.1, 0.15) is 0 Å². The first-order chi connectivity index (χ1) is 7.41. The molecule has 0 rings (SSSR count). The van der Waals surface area contributed by atoms with Gasteiger partial charge in [0.05, 0.1) is 0 Å². The van der Waals surface area contributed by atoms with E-state index < -0.39 is 0 Å². The maximum atomic E-state index is 7.03. The van der Waals surface area contributed by atoms with Gasteiger partial charge < -0.3 is 0 Å². The molecule has 15 heavy (non-hydrogen) atoms.